The predicted molar refractivity (Wildman–Crippen MR) is 98.6 cm³/mol. The molecule has 0 radical (unpaired) electrons. The van der Waals surface area contributed by atoms with E-state index in [1.54, 1.807) is 24.1 Å². The van der Waals surface area contributed by atoms with Gasteiger partial charge in [-0.15, -0.1) is 0 Å². The normalized spacial score (nSPS) is 17.0. The van der Waals surface area contributed by atoms with Crippen molar-refractivity contribution in [2.75, 3.05) is 20.2 Å². The molecule has 1 unspecified atom stereocenters. The molecule has 1 aromatic heterocycles. The van der Waals surface area contributed by atoms with E-state index in [2.05, 4.69) is 15.5 Å². The Morgan fingerprint density at radius 3 is 2.78 bits per heavy atom. The number of nitrogens with one attached hydrogen (secondary N) is 2. The number of carbonyl (C=O) groups excluding carboxylic acids is 2. The van der Waals surface area contributed by atoms with Crippen molar-refractivity contribution in [3.05, 3.63) is 41.7 Å². The molecule has 0 saturated carbocycles. The molecule has 8 heteroatoms. The number of hydrogen-bond donors (Lipinski definition) is 2. The van der Waals surface area contributed by atoms with Gasteiger partial charge in [-0.2, -0.15) is 5.10 Å². The third-order valence-corrected chi connectivity index (χ3v) is 4.45. The number of carbonyl (C=O) groups is 2. The maximum Gasteiger partial charge on any atom is 0.275 e. The topological polar surface area (TPSA) is 96.6 Å². The zero-order valence-corrected chi connectivity index (χ0v) is 15.7. The molecular weight excluding hydrogens is 348 g/mol. The highest BCUT2D eigenvalue weighted by Crippen LogP contribution is 2.26. The zero-order valence-electron chi connectivity index (χ0n) is 15.7. The average molecular weight is 372 g/mol. The number of ether oxygens (including phenoxy) is 2. The molecule has 1 fully saturated rings. The van der Waals surface area contributed by atoms with Gasteiger partial charge in [0.1, 0.15) is 12.6 Å². The summed E-state index contributed by atoms with van der Waals surface area (Å²) >= 11 is 0. The highest BCUT2D eigenvalue weighted by Gasteiger charge is 2.36. The van der Waals surface area contributed by atoms with Crippen LogP contribution in [0.4, 0.5) is 0 Å². The molecule has 2 N–H and O–H groups in total. The van der Waals surface area contributed by atoms with Gasteiger partial charge in [-0.1, -0.05) is 26.0 Å². The van der Waals surface area contributed by atoms with Crippen LogP contribution in [0.15, 0.2) is 30.3 Å². The number of benzene rings is 1. The lowest BCUT2D eigenvalue weighted by Gasteiger charge is -2.36. The van der Waals surface area contributed by atoms with Gasteiger partial charge < -0.3 is 19.7 Å². The average Bonchev–Trinajstić information content (AvgIpc) is 3.14. The monoisotopic (exact) mass is 372 g/mol. The second-order valence-electron chi connectivity index (χ2n) is 6.70. The van der Waals surface area contributed by atoms with E-state index in [-0.39, 0.29) is 30.0 Å². The Kier molecular flexibility index (Phi) is 5.63. The lowest BCUT2D eigenvalue weighted by atomic mass is 9.99. The molecule has 0 aliphatic carbocycles. The van der Waals surface area contributed by atoms with Gasteiger partial charge in [-0.05, 0) is 24.1 Å². The molecule has 0 bridgehead atoms. The third-order valence-electron chi connectivity index (χ3n) is 4.45. The number of nitrogens with zero attached hydrogens (tertiary/aromatic N) is 2. The van der Waals surface area contributed by atoms with Crippen LogP contribution in [0, 0.1) is 5.92 Å². The first-order valence-corrected chi connectivity index (χ1v) is 8.90. The molecule has 1 aliphatic heterocycles. The van der Waals surface area contributed by atoms with Crippen LogP contribution in [0.3, 0.4) is 0 Å². The van der Waals surface area contributed by atoms with Crippen molar-refractivity contribution in [3.63, 3.8) is 0 Å². The molecular formula is C19H24N4O4. The van der Waals surface area contributed by atoms with Crippen molar-refractivity contribution >= 4 is 11.8 Å². The van der Waals surface area contributed by atoms with Crippen molar-refractivity contribution in [3.8, 4) is 11.5 Å². The van der Waals surface area contributed by atoms with Gasteiger partial charge in [0.05, 0.1) is 12.8 Å². The first-order chi connectivity index (χ1) is 13.0. The molecule has 8 nitrogen and oxygen atoms in total. The van der Waals surface area contributed by atoms with Crippen molar-refractivity contribution in [2.24, 2.45) is 5.92 Å². The minimum absolute atomic E-state index is 0.0153. The summed E-state index contributed by atoms with van der Waals surface area (Å²) in [5.74, 6) is 0.868. The Balaban J connectivity index is 1.69. The Hall–Kier alpha value is -3.03. The minimum Gasteiger partial charge on any atom is -0.493 e. The summed E-state index contributed by atoms with van der Waals surface area (Å²) in [5.41, 5.74) is 0.931. The lowest BCUT2D eigenvalue weighted by molar-refractivity contribution is -0.129. The molecule has 2 heterocycles. The second kappa shape index (κ2) is 8.11. The van der Waals surface area contributed by atoms with Crippen molar-refractivity contribution in [2.45, 2.75) is 26.5 Å². The van der Waals surface area contributed by atoms with Crippen LogP contribution >= 0.6 is 0 Å². The molecule has 144 valence electrons. The number of para-hydroxylation sites is 2. The first kappa shape index (κ1) is 18.8. The number of methoxy groups -OCH3 is 1. The molecule has 0 spiro atoms. The first-order valence-electron chi connectivity index (χ1n) is 8.90. The van der Waals surface area contributed by atoms with E-state index in [4.69, 9.17) is 9.47 Å². The fourth-order valence-corrected chi connectivity index (χ4v) is 3.16. The Morgan fingerprint density at radius 2 is 2.07 bits per heavy atom. The molecule has 1 saturated heterocycles. The molecule has 2 aromatic rings. The van der Waals surface area contributed by atoms with Crippen LogP contribution in [-0.4, -0.2) is 53.2 Å². The van der Waals surface area contributed by atoms with Crippen LogP contribution < -0.4 is 14.8 Å². The number of aromatic amines is 1. The smallest absolute Gasteiger partial charge is 0.275 e. The van der Waals surface area contributed by atoms with E-state index in [1.165, 1.54) is 0 Å². The second-order valence-corrected chi connectivity index (χ2v) is 6.70. The van der Waals surface area contributed by atoms with Crippen molar-refractivity contribution in [1.29, 1.82) is 0 Å². The number of amides is 2. The fourth-order valence-electron chi connectivity index (χ4n) is 3.16. The number of H-pyrrole nitrogens is 1. The minimum atomic E-state index is -0.490. The number of aromatic nitrogens is 2. The van der Waals surface area contributed by atoms with Gasteiger partial charge in [-0.3, -0.25) is 14.7 Å². The van der Waals surface area contributed by atoms with Gasteiger partial charge in [-0.25, -0.2) is 0 Å². The molecule has 27 heavy (non-hydrogen) atoms. The van der Waals surface area contributed by atoms with E-state index >= 15 is 0 Å². The lowest BCUT2D eigenvalue weighted by Crippen LogP contribution is -2.59. The van der Waals surface area contributed by atoms with Gasteiger partial charge >= 0.3 is 0 Å². The Labute approximate surface area is 157 Å². The van der Waals surface area contributed by atoms with Crippen LogP contribution in [0.5, 0.6) is 11.5 Å². The largest absolute Gasteiger partial charge is 0.493 e. The summed E-state index contributed by atoms with van der Waals surface area (Å²) in [7, 11) is 1.58. The van der Waals surface area contributed by atoms with Gasteiger partial charge in [0.15, 0.2) is 17.2 Å². The molecule has 3 rings (SSSR count). The predicted octanol–water partition coefficient (Wildman–Crippen LogP) is 1.59. The summed E-state index contributed by atoms with van der Waals surface area (Å²) in [4.78, 5) is 26.6. The van der Waals surface area contributed by atoms with E-state index < -0.39 is 6.04 Å². The van der Waals surface area contributed by atoms with Gasteiger partial charge in [0.25, 0.3) is 5.91 Å². The standard InChI is InChI=1S/C19H24N4O4/c1-12(2)17-18(24)20-8-9-23(17)19(25)14-10-13(21-22-14)11-27-16-7-5-4-6-15(16)26-3/h4-7,10,12,17H,8-9,11H2,1-3H3,(H,20,24)(H,21,22). The van der Waals surface area contributed by atoms with E-state index in [0.717, 1.165) is 0 Å². The molecule has 1 atom stereocenters. The zero-order chi connectivity index (χ0) is 19.4. The molecule has 2 amide bonds. The van der Waals surface area contributed by atoms with E-state index in [1.807, 2.05) is 32.0 Å². The maximum absolute atomic E-state index is 12.9. The van der Waals surface area contributed by atoms with Crippen LogP contribution in [0.25, 0.3) is 0 Å². The third kappa shape index (κ3) is 4.05. The van der Waals surface area contributed by atoms with Crippen molar-refractivity contribution in [1.82, 2.24) is 20.4 Å². The van der Waals surface area contributed by atoms with Gasteiger partial charge in [0, 0.05) is 13.1 Å². The van der Waals surface area contributed by atoms with E-state index in [9.17, 15) is 9.59 Å². The van der Waals surface area contributed by atoms with Crippen LogP contribution in [0.2, 0.25) is 0 Å². The molecule has 1 aromatic carbocycles. The van der Waals surface area contributed by atoms with Gasteiger partial charge in [0.2, 0.25) is 5.91 Å². The summed E-state index contributed by atoms with van der Waals surface area (Å²) in [5, 5.41) is 9.74. The summed E-state index contributed by atoms with van der Waals surface area (Å²) < 4.78 is 11.0. The highest BCUT2D eigenvalue weighted by atomic mass is 16.5. The summed E-state index contributed by atoms with van der Waals surface area (Å²) in [6.45, 7) is 4.98. The summed E-state index contributed by atoms with van der Waals surface area (Å²) in [6.07, 6.45) is 0. The van der Waals surface area contributed by atoms with Crippen molar-refractivity contribution < 1.29 is 19.1 Å². The Bertz CT molecular complexity index is 818. The Morgan fingerprint density at radius 1 is 1.33 bits per heavy atom. The maximum atomic E-state index is 12.9. The van der Waals surface area contributed by atoms with Crippen LogP contribution in [0.1, 0.15) is 30.0 Å². The van der Waals surface area contributed by atoms with Crippen LogP contribution in [-0.2, 0) is 11.4 Å². The highest BCUT2D eigenvalue weighted by molar-refractivity contribution is 5.97. The number of rotatable bonds is 6. The fraction of sp³-hybridized carbons (Fsp3) is 0.421. The molecule has 1 aliphatic rings. The van der Waals surface area contributed by atoms with E-state index in [0.29, 0.717) is 30.3 Å². The summed E-state index contributed by atoms with van der Waals surface area (Å²) in [6, 6.07) is 8.50. The number of piperazine rings is 1. The SMILES string of the molecule is COc1ccccc1OCc1cc(C(=O)N2CCNC(=O)C2C(C)C)n[nH]1. The number of hydrogen-bond acceptors (Lipinski definition) is 5. The quantitative estimate of drug-likeness (QED) is 0.803.